The fourth-order valence-corrected chi connectivity index (χ4v) is 4.22. The molecule has 0 unspecified atom stereocenters. The van der Waals surface area contributed by atoms with Gasteiger partial charge in [-0.2, -0.15) is 5.10 Å². The highest BCUT2D eigenvalue weighted by Gasteiger charge is 2.21. The third-order valence-corrected chi connectivity index (χ3v) is 5.89. The van der Waals surface area contributed by atoms with Crippen LogP contribution in [-0.2, 0) is 0 Å². The molecule has 3 heterocycles. The van der Waals surface area contributed by atoms with Crippen molar-refractivity contribution in [2.24, 2.45) is 0 Å². The molecule has 0 spiro atoms. The number of para-hydroxylation sites is 1. The normalized spacial score (nSPS) is 14.7. The minimum atomic E-state index is -0.0650. The summed E-state index contributed by atoms with van der Waals surface area (Å²) in [6, 6.07) is 16.3. The van der Waals surface area contributed by atoms with E-state index >= 15 is 0 Å². The molecule has 0 bridgehead atoms. The monoisotopic (exact) mass is 432 g/mol. The van der Waals surface area contributed by atoms with E-state index in [1.807, 2.05) is 18.2 Å². The molecule has 3 aromatic rings. The van der Waals surface area contributed by atoms with Crippen LogP contribution in [-0.4, -0.2) is 64.8 Å². The van der Waals surface area contributed by atoms with Crippen LogP contribution in [0.4, 0.5) is 5.69 Å². The second-order valence-corrected chi connectivity index (χ2v) is 8.47. The van der Waals surface area contributed by atoms with Crippen LogP contribution in [0, 0.1) is 0 Å². The molecular weight excluding hydrogens is 400 g/mol. The maximum Gasteiger partial charge on any atom is 0.254 e. The fraction of sp³-hybridized carbons (Fsp3) is 0.400. The lowest BCUT2D eigenvalue weighted by Crippen LogP contribution is -2.47. The number of piperazine rings is 1. The third kappa shape index (κ3) is 5.16. The van der Waals surface area contributed by atoms with Crippen molar-refractivity contribution in [1.29, 1.82) is 0 Å². The average Bonchev–Trinajstić information content (AvgIpc) is 3.29. The van der Waals surface area contributed by atoms with Gasteiger partial charge in [0.1, 0.15) is 0 Å². The standard InChI is InChI=1S/C25H32N6O/c1-20(2)24-22(19-28-31(24)23-11-6-7-12-26-23)25(32)27-13-8-14-29-15-17-30(18-16-29)21-9-4-3-5-10-21/h3-7,9-12,19-20H,8,13-18H2,1-2H3,(H,27,32). The molecule has 1 fully saturated rings. The van der Waals surface area contributed by atoms with Gasteiger partial charge >= 0.3 is 0 Å². The van der Waals surface area contributed by atoms with Gasteiger partial charge in [-0.25, -0.2) is 9.67 Å². The second-order valence-electron chi connectivity index (χ2n) is 8.47. The summed E-state index contributed by atoms with van der Waals surface area (Å²) in [6.45, 7) is 9.98. The Balaban J connectivity index is 1.26. The van der Waals surface area contributed by atoms with E-state index < -0.39 is 0 Å². The molecule has 2 aromatic heterocycles. The SMILES string of the molecule is CC(C)c1c(C(=O)NCCCN2CCN(c3ccccc3)CC2)cnn1-c1ccccn1. The number of hydrogen-bond acceptors (Lipinski definition) is 5. The van der Waals surface area contributed by atoms with Gasteiger partial charge in [0.25, 0.3) is 5.91 Å². The number of nitrogens with one attached hydrogen (secondary N) is 1. The molecule has 1 aromatic carbocycles. The summed E-state index contributed by atoms with van der Waals surface area (Å²) in [5.74, 6) is 0.816. The Hall–Kier alpha value is -3.19. The highest BCUT2D eigenvalue weighted by atomic mass is 16.1. The molecule has 7 heteroatoms. The van der Waals surface area contributed by atoms with Crippen LogP contribution in [0.5, 0.6) is 0 Å². The predicted octanol–water partition coefficient (Wildman–Crippen LogP) is 3.33. The van der Waals surface area contributed by atoms with Crippen LogP contribution < -0.4 is 10.2 Å². The molecule has 168 valence electrons. The lowest BCUT2D eigenvalue weighted by atomic mass is 10.1. The van der Waals surface area contributed by atoms with Gasteiger partial charge in [0, 0.05) is 44.6 Å². The number of hydrogen-bond donors (Lipinski definition) is 1. The van der Waals surface area contributed by atoms with E-state index in [1.165, 1.54) is 5.69 Å². The molecule has 1 N–H and O–H groups in total. The van der Waals surface area contributed by atoms with Crippen molar-refractivity contribution in [1.82, 2.24) is 25.0 Å². The number of rotatable bonds is 8. The molecule has 0 saturated carbocycles. The van der Waals surface area contributed by atoms with Crippen LogP contribution in [0.15, 0.2) is 60.9 Å². The molecule has 1 aliphatic rings. The quantitative estimate of drug-likeness (QED) is 0.553. The van der Waals surface area contributed by atoms with Gasteiger partial charge in [0.2, 0.25) is 0 Å². The van der Waals surface area contributed by atoms with Crippen molar-refractivity contribution >= 4 is 11.6 Å². The van der Waals surface area contributed by atoms with Crippen molar-refractivity contribution in [3.8, 4) is 5.82 Å². The Kier molecular flexibility index (Phi) is 7.17. The number of carbonyl (C=O) groups excluding carboxylic acids is 1. The first-order valence-corrected chi connectivity index (χ1v) is 11.4. The molecule has 7 nitrogen and oxygen atoms in total. The topological polar surface area (TPSA) is 66.3 Å². The van der Waals surface area contributed by atoms with Crippen LogP contribution in [0.2, 0.25) is 0 Å². The largest absolute Gasteiger partial charge is 0.369 e. The summed E-state index contributed by atoms with van der Waals surface area (Å²) >= 11 is 0. The van der Waals surface area contributed by atoms with E-state index in [0.29, 0.717) is 12.1 Å². The van der Waals surface area contributed by atoms with E-state index in [-0.39, 0.29) is 11.8 Å². The maximum atomic E-state index is 12.9. The van der Waals surface area contributed by atoms with Crippen molar-refractivity contribution in [2.45, 2.75) is 26.2 Å². The van der Waals surface area contributed by atoms with E-state index in [4.69, 9.17) is 0 Å². The summed E-state index contributed by atoms with van der Waals surface area (Å²) in [5.41, 5.74) is 2.81. The summed E-state index contributed by atoms with van der Waals surface area (Å²) in [5, 5.41) is 7.53. The van der Waals surface area contributed by atoms with Gasteiger partial charge < -0.3 is 10.2 Å². The highest BCUT2D eigenvalue weighted by Crippen LogP contribution is 2.22. The van der Waals surface area contributed by atoms with Crippen molar-refractivity contribution < 1.29 is 4.79 Å². The third-order valence-electron chi connectivity index (χ3n) is 5.89. The van der Waals surface area contributed by atoms with Crippen molar-refractivity contribution in [3.63, 3.8) is 0 Å². The molecule has 1 saturated heterocycles. The molecule has 32 heavy (non-hydrogen) atoms. The number of aromatic nitrogens is 3. The van der Waals surface area contributed by atoms with Crippen LogP contribution >= 0.6 is 0 Å². The summed E-state index contributed by atoms with van der Waals surface area (Å²) in [6.07, 6.45) is 4.32. The van der Waals surface area contributed by atoms with Crippen molar-refractivity contribution in [3.05, 3.63) is 72.2 Å². The Morgan fingerprint density at radius 3 is 2.47 bits per heavy atom. The Labute approximate surface area is 190 Å². The average molecular weight is 433 g/mol. The number of anilines is 1. The number of pyridine rings is 1. The highest BCUT2D eigenvalue weighted by molar-refractivity contribution is 5.95. The van der Waals surface area contributed by atoms with Crippen molar-refractivity contribution in [2.75, 3.05) is 44.2 Å². The number of amides is 1. The first kappa shape index (κ1) is 22.0. The van der Waals surface area contributed by atoms with Crippen LogP contribution in [0.3, 0.4) is 0 Å². The molecule has 0 atom stereocenters. The summed E-state index contributed by atoms with van der Waals surface area (Å²) in [4.78, 5) is 22.1. The van der Waals surface area contributed by atoms with Gasteiger partial charge in [-0.15, -0.1) is 0 Å². The van der Waals surface area contributed by atoms with E-state index in [1.54, 1.807) is 17.1 Å². The minimum absolute atomic E-state index is 0.0650. The zero-order valence-electron chi connectivity index (χ0n) is 18.9. The zero-order chi connectivity index (χ0) is 22.3. The lowest BCUT2D eigenvalue weighted by molar-refractivity contribution is 0.0950. The van der Waals surface area contributed by atoms with Crippen LogP contribution in [0.25, 0.3) is 5.82 Å². The van der Waals surface area contributed by atoms with Gasteiger partial charge in [0.05, 0.1) is 17.5 Å². The second kappa shape index (κ2) is 10.4. The van der Waals surface area contributed by atoms with Gasteiger partial charge in [-0.3, -0.25) is 9.69 Å². The maximum absolute atomic E-state index is 12.9. The Bertz CT molecular complexity index is 994. The fourth-order valence-electron chi connectivity index (χ4n) is 4.22. The number of benzene rings is 1. The molecule has 1 aliphatic heterocycles. The predicted molar refractivity (Wildman–Crippen MR) is 127 cm³/mol. The molecule has 0 radical (unpaired) electrons. The van der Waals surface area contributed by atoms with E-state index in [2.05, 4.69) is 69.4 Å². The summed E-state index contributed by atoms with van der Waals surface area (Å²) < 4.78 is 1.77. The molecule has 0 aliphatic carbocycles. The van der Waals surface area contributed by atoms with Gasteiger partial charge in [-0.1, -0.05) is 38.1 Å². The van der Waals surface area contributed by atoms with E-state index in [0.717, 1.165) is 50.7 Å². The minimum Gasteiger partial charge on any atom is -0.369 e. The smallest absolute Gasteiger partial charge is 0.254 e. The molecule has 1 amide bonds. The Morgan fingerprint density at radius 2 is 1.78 bits per heavy atom. The summed E-state index contributed by atoms with van der Waals surface area (Å²) in [7, 11) is 0. The van der Waals surface area contributed by atoms with Crippen LogP contribution in [0.1, 0.15) is 42.2 Å². The van der Waals surface area contributed by atoms with E-state index in [9.17, 15) is 4.79 Å². The lowest BCUT2D eigenvalue weighted by Gasteiger charge is -2.36. The first-order valence-electron chi connectivity index (χ1n) is 11.4. The van der Waals surface area contributed by atoms with Gasteiger partial charge in [0.15, 0.2) is 5.82 Å². The van der Waals surface area contributed by atoms with Gasteiger partial charge in [-0.05, 0) is 43.1 Å². The first-order chi connectivity index (χ1) is 15.6. The molecular formula is C25H32N6O. The molecule has 4 rings (SSSR count). The Morgan fingerprint density at radius 1 is 1.03 bits per heavy atom. The zero-order valence-corrected chi connectivity index (χ0v) is 18.9. The number of carbonyl (C=O) groups is 1. The number of nitrogens with zero attached hydrogens (tertiary/aromatic N) is 5.